The summed E-state index contributed by atoms with van der Waals surface area (Å²) in [6, 6.07) is 4.40. The van der Waals surface area contributed by atoms with E-state index in [0.717, 1.165) is 24.1 Å². The van der Waals surface area contributed by atoms with Crippen LogP contribution in [0.3, 0.4) is 0 Å². The number of carboxylic acid groups (broad SMARTS) is 1. The Morgan fingerprint density at radius 3 is 2.79 bits per heavy atom. The van der Waals surface area contributed by atoms with Crippen LogP contribution in [0.15, 0.2) is 6.07 Å². The van der Waals surface area contributed by atoms with Gasteiger partial charge in [0.05, 0.1) is 12.0 Å². The van der Waals surface area contributed by atoms with Crippen molar-refractivity contribution in [3.05, 3.63) is 22.9 Å². The first kappa shape index (κ1) is 13.3. The molecule has 5 nitrogen and oxygen atoms in total. The van der Waals surface area contributed by atoms with E-state index in [1.54, 1.807) is 0 Å². The van der Waals surface area contributed by atoms with Gasteiger partial charge in [-0.25, -0.2) is 4.98 Å². The Balaban J connectivity index is 2.36. The smallest absolute Gasteiger partial charge is 0.305 e. The van der Waals surface area contributed by atoms with Gasteiger partial charge in [0.15, 0.2) is 0 Å². The van der Waals surface area contributed by atoms with Crippen LogP contribution in [0.25, 0.3) is 0 Å². The standard InChI is InChI=1S/C14H17N3O2/c1-9-7-10(2)16-14(12(9)8-15)17(11-3-4-11)6-5-13(18)19/h7,11H,3-6H2,1-2H3,(H,18,19). The predicted octanol–water partition coefficient (Wildman–Crippen LogP) is 2.01. The van der Waals surface area contributed by atoms with Crippen LogP contribution in [0.1, 0.15) is 36.1 Å². The van der Waals surface area contributed by atoms with Crippen LogP contribution in [0.2, 0.25) is 0 Å². The molecule has 1 aromatic rings. The number of anilines is 1. The fraction of sp³-hybridized carbons (Fsp3) is 0.500. The monoisotopic (exact) mass is 259 g/mol. The van der Waals surface area contributed by atoms with E-state index in [1.165, 1.54) is 0 Å². The topological polar surface area (TPSA) is 77.2 Å². The van der Waals surface area contributed by atoms with Crippen molar-refractivity contribution in [1.82, 2.24) is 4.98 Å². The summed E-state index contributed by atoms with van der Waals surface area (Å²) in [5.74, 6) is -0.183. The van der Waals surface area contributed by atoms with Gasteiger partial charge in [-0.15, -0.1) is 0 Å². The molecule has 0 aliphatic heterocycles. The lowest BCUT2D eigenvalue weighted by atomic mass is 10.1. The van der Waals surface area contributed by atoms with Crippen LogP contribution in [-0.4, -0.2) is 28.6 Å². The minimum Gasteiger partial charge on any atom is -0.481 e. The van der Waals surface area contributed by atoms with Crippen LogP contribution in [-0.2, 0) is 4.79 Å². The largest absolute Gasteiger partial charge is 0.481 e. The molecule has 0 spiro atoms. The maximum Gasteiger partial charge on any atom is 0.305 e. The molecule has 0 unspecified atom stereocenters. The molecule has 0 radical (unpaired) electrons. The number of carbonyl (C=O) groups is 1. The summed E-state index contributed by atoms with van der Waals surface area (Å²) in [5, 5.41) is 18.1. The summed E-state index contributed by atoms with van der Waals surface area (Å²) in [4.78, 5) is 17.2. The molecule has 100 valence electrons. The Morgan fingerprint density at radius 2 is 2.26 bits per heavy atom. The fourth-order valence-electron chi connectivity index (χ4n) is 2.23. The SMILES string of the molecule is Cc1cc(C)c(C#N)c(N(CCC(=O)O)C2CC2)n1. The first-order valence-electron chi connectivity index (χ1n) is 6.39. The average molecular weight is 259 g/mol. The van der Waals surface area contributed by atoms with Crippen molar-refractivity contribution in [2.75, 3.05) is 11.4 Å². The average Bonchev–Trinajstić information content (AvgIpc) is 3.12. The van der Waals surface area contributed by atoms with Crippen LogP contribution in [0.4, 0.5) is 5.82 Å². The zero-order chi connectivity index (χ0) is 14.0. The normalized spacial score (nSPS) is 13.9. The lowest BCUT2D eigenvalue weighted by Crippen LogP contribution is -2.30. The minimum absolute atomic E-state index is 0.0655. The molecular weight excluding hydrogens is 242 g/mol. The molecule has 1 aromatic heterocycles. The highest BCUT2D eigenvalue weighted by Gasteiger charge is 2.32. The van der Waals surface area contributed by atoms with Crippen molar-refractivity contribution in [2.45, 2.75) is 39.2 Å². The summed E-state index contributed by atoms with van der Waals surface area (Å²) >= 11 is 0. The van der Waals surface area contributed by atoms with E-state index in [0.29, 0.717) is 24.0 Å². The van der Waals surface area contributed by atoms with Gasteiger partial charge in [0.25, 0.3) is 0 Å². The number of nitrogens with zero attached hydrogens (tertiary/aromatic N) is 3. The van der Waals surface area contributed by atoms with E-state index < -0.39 is 5.97 Å². The molecule has 1 aliphatic rings. The van der Waals surface area contributed by atoms with Crippen LogP contribution < -0.4 is 4.90 Å². The van der Waals surface area contributed by atoms with Crippen molar-refractivity contribution in [2.24, 2.45) is 0 Å². The first-order chi connectivity index (χ1) is 9.02. The number of nitriles is 1. The lowest BCUT2D eigenvalue weighted by molar-refractivity contribution is -0.136. The Bertz CT molecular complexity index is 544. The summed E-state index contributed by atoms with van der Waals surface area (Å²) in [6.07, 6.45) is 2.15. The first-order valence-corrected chi connectivity index (χ1v) is 6.39. The van der Waals surface area contributed by atoms with Gasteiger partial charge in [-0.1, -0.05) is 0 Å². The van der Waals surface area contributed by atoms with Gasteiger partial charge in [0.2, 0.25) is 0 Å². The highest BCUT2D eigenvalue weighted by atomic mass is 16.4. The van der Waals surface area contributed by atoms with E-state index in [1.807, 2.05) is 24.8 Å². The number of aryl methyl sites for hydroxylation is 2. The third-order valence-electron chi connectivity index (χ3n) is 3.26. The molecule has 1 fully saturated rings. The van der Waals surface area contributed by atoms with Gasteiger partial charge in [0.1, 0.15) is 11.9 Å². The molecule has 0 bridgehead atoms. The second-order valence-corrected chi connectivity index (χ2v) is 4.96. The molecule has 1 N–H and O–H groups in total. The van der Waals surface area contributed by atoms with Crippen LogP contribution >= 0.6 is 0 Å². The third kappa shape index (κ3) is 3.02. The number of hydrogen-bond acceptors (Lipinski definition) is 4. The number of carboxylic acids is 1. The molecule has 0 amide bonds. The van der Waals surface area contributed by atoms with E-state index >= 15 is 0 Å². The number of hydrogen-bond donors (Lipinski definition) is 1. The van der Waals surface area contributed by atoms with Crippen molar-refractivity contribution in [3.63, 3.8) is 0 Å². The third-order valence-corrected chi connectivity index (χ3v) is 3.26. The Kier molecular flexibility index (Phi) is 3.70. The van der Waals surface area contributed by atoms with Gasteiger partial charge < -0.3 is 10.0 Å². The summed E-state index contributed by atoms with van der Waals surface area (Å²) in [5.41, 5.74) is 2.31. The van der Waals surface area contributed by atoms with Crippen LogP contribution in [0.5, 0.6) is 0 Å². The van der Waals surface area contributed by atoms with Gasteiger partial charge >= 0.3 is 5.97 Å². The molecule has 1 heterocycles. The van der Waals surface area contributed by atoms with Crippen molar-refractivity contribution < 1.29 is 9.90 Å². The van der Waals surface area contributed by atoms with Gasteiger partial charge in [-0.2, -0.15) is 5.26 Å². The van der Waals surface area contributed by atoms with Gasteiger partial charge in [0, 0.05) is 18.3 Å². The number of rotatable bonds is 5. The minimum atomic E-state index is -0.825. The lowest BCUT2D eigenvalue weighted by Gasteiger charge is -2.24. The number of pyridine rings is 1. The second-order valence-electron chi connectivity index (χ2n) is 4.96. The molecule has 19 heavy (non-hydrogen) atoms. The zero-order valence-corrected chi connectivity index (χ0v) is 11.2. The fourth-order valence-corrected chi connectivity index (χ4v) is 2.23. The molecule has 0 atom stereocenters. The van der Waals surface area contributed by atoms with E-state index in [4.69, 9.17) is 5.11 Å². The molecule has 1 aliphatic carbocycles. The van der Waals surface area contributed by atoms with E-state index in [-0.39, 0.29) is 6.42 Å². The highest BCUT2D eigenvalue weighted by molar-refractivity contribution is 5.68. The molecule has 0 saturated heterocycles. The Hall–Kier alpha value is -2.09. The molecular formula is C14H17N3O2. The molecule has 0 aromatic carbocycles. The summed E-state index contributed by atoms with van der Waals surface area (Å²) in [7, 11) is 0. The maximum atomic E-state index is 10.8. The zero-order valence-electron chi connectivity index (χ0n) is 11.2. The second kappa shape index (κ2) is 5.27. The summed E-state index contributed by atoms with van der Waals surface area (Å²) < 4.78 is 0. The van der Waals surface area contributed by atoms with Gasteiger partial charge in [-0.3, -0.25) is 4.79 Å². The molecule has 5 heteroatoms. The number of aromatic nitrogens is 1. The van der Waals surface area contributed by atoms with Crippen molar-refractivity contribution in [1.29, 1.82) is 5.26 Å². The van der Waals surface area contributed by atoms with Gasteiger partial charge in [-0.05, 0) is 38.3 Å². The molecule has 2 rings (SSSR count). The highest BCUT2D eigenvalue weighted by Crippen LogP contribution is 2.33. The van der Waals surface area contributed by atoms with Crippen molar-refractivity contribution >= 4 is 11.8 Å². The summed E-state index contributed by atoms with van der Waals surface area (Å²) in [6.45, 7) is 4.18. The van der Waals surface area contributed by atoms with E-state index in [2.05, 4.69) is 11.1 Å². The Morgan fingerprint density at radius 1 is 1.58 bits per heavy atom. The number of aliphatic carboxylic acids is 1. The maximum absolute atomic E-state index is 10.8. The van der Waals surface area contributed by atoms with Crippen molar-refractivity contribution in [3.8, 4) is 6.07 Å². The Labute approximate surface area is 112 Å². The molecule has 1 saturated carbocycles. The predicted molar refractivity (Wildman–Crippen MR) is 71.0 cm³/mol. The van der Waals surface area contributed by atoms with Crippen LogP contribution in [0, 0.1) is 25.2 Å². The van der Waals surface area contributed by atoms with E-state index in [9.17, 15) is 10.1 Å². The quantitative estimate of drug-likeness (QED) is 0.875.